The van der Waals surface area contributed by atoms with Crippen molar-refractivity contribution in [2.45, 2.75) is 51.0 Å². The highest BCUT2D eigenvalue weighted by molar-refractivity contribution is 5.35. The zero-order valence-electron chi connectivity index (χ0n) is 11.2. The second-order valence-corrected chi connectivity index (χ2v) is 5.50. The van der Waals surface area contributed by atoms with Gasteiger partial charge < -0.3 is 10.5 Å². The lowest BCUT2D eigenvalue weighted by Gasteiger charge is -2.28. The third-order valence-electron chi connectivity index (χ3n) is 3.86. The third-order valence-corrected chi connectivity index (χ3v) is 3.86. The van der Waals surface area contributed by atoms with E-state index in [0.717, 1.165) is 18.4 Å². The average molecular weight is 251 g/mol. The van der Waals surface area contributed by atoms with Crippen LogP contribution in [-0.2, 0) is 5.41 Å². The molecule has 1 aliphatic rings. The van der Waals surface area contributed by atoms with Crippen molar-refractivity contribution >= 4 is 0 Å². The van der Waals surface area contributed by atoms with Gasteiger partial charge in [0.2, 0.25) is 0 Å². The van der Waals surface area contributed by atoms with Gasteiger partial charge in [0, 0.05) is 12.0 Å². The Kier molecular flexibility index (Phi) is 3.91. The van der Waals surface area contributed by atoms with Gasteiger partial charge in [-0.25, -0.2) is 4.39 Å². The molecule has 0 heterocycles. The van der Waals surface area contributed by atoms with E-state index in [0.29, 0.717) is 12.3 Å². The summed E-state index contributed by atoms with van der Waals surface area (Å²) in [6.07, 6.45) is 4.48. The topological polar surface area (TPSA) is 35.2 Å². The Labute approximate surface area is 108 Å². The molecule has 0 saturated heterocycles. The molecule has 0 spiro atoms. The molecule has 2 N–H and O–H groups in total. The predicted octanol–water partition coefficient (Wildman–Crippen LogP) is 3.38. The molecule has 0 unspecified atom stereocenters. The first kappa shape index (κ1) is 13.3. The van der Waals surface area contributed by atoms with Crippen LogP contribution in [0.25, 0.3) is 0 Å². The van der Waals surface area contributed by atoms with E-state index in [1.54, 1.807) is 12.1 Å². The molecule has 1 aromatic rings. The van der Waals surface area contributed by atoms with Crippen LogP contribution in [0.4, 0.5) is 4.39 Å². The Bertz CT molecular complexity index is 411. The van der Waals surface area contributed by atoms with E-state index < -0.39 is 0 Å². The predicted molar refractivity (Wildman–Crippen MR) is 71.4 cm³/mol. The van der Waals surface area contributed by atoms with Crippen molar-refractivity contribution < 1.29 is 9.13 Å². The summed E-state index contributed by atoms with van der Waals surface area (Å²) in [6.45, 7) is 4.38. The number of hydrogen-bond acceptors (Lipinski definition) is 2. The summed E-state index contributed by atoms with van der Waals surface area (Å²) in [7, 11) is 0. The summed E-state index contributed by atoms with van der Waals surface area (Å²) in [6, 6.07) is 5.31. The zero-order chi connectivity index (χ0) is 13.2. The minimum Gasteiger partial charge on any atom is -0.488 e. The first-order valence-corrected chi connectivity index (χ1v) is 6.74. The third kappa shape index (κ3) is 2.51. The fraction of sp³-hybridized carbons (Fsp3) is 0.600. The van der Waals surface area contributed by atoms with Crippen LogP contribution in [0.3, 0.4) is 0 Å². The van der Waals surface area contributed by atoms with E-state index in [2.05, 4.69) is 0 Å². The van der Waals surface area contributed by atoms with Gasteiger partial charge in [0.05, 0.1) is 6.10 Å². The summed E-state index contributed by atoms with van der Waals surface area (Å²) in [5, 5.41) is 0. The van der Waals surface area contributed by atoms with Crippen LogP contribution in [-0.4, -0.2) is 12.6 Å². The fourth-order valence-electron chi connectivity index (χ4n) is 2.84. The highest BCUT2D eigenvalue weighted by atomic mass is 19.1. The average Bonchev–Trinajstić information content (AvgIpc) is 2.81. The lowest BCUT2D eigenvalue weighted by Crippen LogP contribution is -2.32. The summed E-state index contributed by atoms with van der Waals surface area (Å²) in [5.41, 5.74) is 6.92. The van der Waals surface area contributed by atoms with Gasteiger partial charge in [0.1, 0.15) is 0 Å². The zero-order valence-corrected chi connectivity index (χ0v) is 11.2. The van der Waals surface area contributed by atoms with E-state index in [4.69, 9.17) is 10.5 Å². The maximum atomic E-state index is 14.0. The highest BCUT2D eigenvalue weighted by Crippen LogP contribution is 2.41. The minimum absolute atomic E-state index is 0.0136. The largest absolute Gasteiger partial charge is 0.488 e. The molecular formula is C15H22FNO. The molecule has 0 amide bonds. The SMILES string of the molecule is CC(C)Oc1ccc(C2(CN)CCCC2)cc1F. The summed E-state index contributed by atoms with van der Waals surface area (Å²) >= 11 is 0. The molecule has 0 radical (unpaired) electrons. The molecule has 18 heavy (non-hydrogen) atoms. The number of halogens is 1. The Balaban J connectivity index is 2.27. The van der Waals surface area contributed by atoms with Crippen LogP contribution in [0.2, 0.25) is 0 Å². The molecule has 1 fully saturated rings. The Hall–Kier alpha value is -1.09. The van der Waals surface area contributed by atoms with Crippen LogP contribution >= 0.6 is 0 Å². The van der Waals surface area contributed by atoms with E-state index in [1.165, 1.54) is 12.8 Å². The monoisotopic (exact) mass is 251 g/mol. The molecule has 0 atom stereocenters. The van der Waals surface area contributed by atoms with Gasteiger partial charge >= 0.3 is 0 Å². The van der Waals surface area contributed by atoms with Crippen molar-refractivity contribution in [1.29, 1.82) is 0 Å². The molecule has 3 heteroatoms. The molecule has 1 aliphatic carbocycles. The van der Waals surface area contributed by atoms with Crippen LogP contribution in [0.5, 0.6) is 5.75 Å². The van der Waals surface area contributed by atoms with E-state index in [1.807, 2.05) is 19.9 Å². The van der Waals surface area contributed by atoms with Crippen LogP contribution in [0, 0.1) is 5.82 Å². The normalized spacial score (nSPS) is 18.3. The maximum absolute atomic E-state index is 14.0. The van der Waals surface area contributed by atoms with Crippen LogP contribution in [0.1, 0.15) is 45.1 Å². The van der Waals surface area contributed by atoms with E-state index in [-0.39, 0.29) is 17.3 Å². The molecule has 2 rings (SSSR count). The lowest BCUT2D eigenvalue weighted by atomic mass is 9.79. The van der Waals surface area contributed by atoms with Crippen molar-refractivity contribution in [3.8, 4) is 5.75 Å². The second kappa shape index (κ2) is 5.27. The molecule has 0 aliphatic heterocycles. The van der Waals surface area contributed by atoms with E-state index in [9.17, 15) is 4.39 Å². The molecule has 0 bridgehead atoms. The maximum Gasteiger partial charge on any atom is 0.165 e. The summed E-state index contributed by atoms with van der Waals surface area (Å²) < 4.78 is 19.4. The molecule has 2 nitrogen and oxygen atoms in total. The van der Waals surface area contributed by atoms with Gasteiger partial charge in [-0.2, -0.15) is 0 Å². The van der Waals surface area contributed by atoms with Crippen molar-refractivity contribution in [3.05, 3.63) is 29.6 Å². The summed E-state index contributed by atoms with van der Waals surface area (Å²) in [4.78, 5) is 0. The molecule has 1 saturated carbocycles. The highest BCUT2D eigenvalue weighted by Gasteiger charge is 2.34. The quantitative estimate of drug-likeness (QED) is 0.890. The number of ether oxygens (including phenoxy) is 1. The van der Waals surface area contributed by atoms with Crippen molar-refractivity contribution in [2.75, 3.05) is 6.54 Å². The number of benzene rings is 1. The molecule has 1 aromatic carbocycles. The number of hydrogen-bond donors (Lipinski definition) is 1. The number of rotatable bonds is 4. The van der Waals surface area contributed by atoms with Gasteiger partial charge in [-0.3, -0.25) is 0 Å². The fourth-order valence-corrected chi connectivity index (χ4v) is 2.84. The van der Waals surface area contributed by atoms with Crippen molar-refractivity contribution in [2.24, 2.45) is 5.73 Å². The molecule has 0 aromatic heterocycles. The molecular weight excluding hydrogens is 229 g/mol. The van der Waals surface area contributed by atoms with Gasteiger partial charge in [0.15, 0.2) is 11.6 Å². The van der Waals surface area contributed by atoms with Gasteiger partial charge in [-0.15, -0.1) is 0 Å². The molecule has 100 valence electrons. The smallest absolute Gasteiger partial charge is 0.165 e. The number of nitrogens with two attached hydrogens (primary N) is 1. The Morgan fingerprint density at radius 3 is 2.50 bits per heavy atom. The second-order valence-electron chi connectivity index (χ2n) is 5.50. The van der Waals surface area contributed by atoms with Gasteiger partial charge in [-0.1, -0.05) is 18.9 Å². The van der Waals surface area contributed by atoms with Gasteiger partial charge in [-0.05, 0) is 44.4 Å². The lowest BCUT2D eigenvalue weighted by molar-refractivity contribution is 0.231. The van der Waals surface area contributed by atoms with Crippen molar-refractivity contribution in [1.82, 2.24) is 0 Å². The standard InChI is InChI=1S/C15H22FNO/c1-11(2)18-14-6-5-12(9-13(14)16)15(10-17)7-3-4-8-15/h5-6,9,11H,3-4,7-8,10,17H2,1-2H3. The van der Waals surface area contributed by atoms with Gasteiger partial charge in [0.25, 0.3) is 0 Å². The first-order valence-electron chi connectivity index (χ1n) is 6.74. The van der Waals surface area contributed by atoms with Crippen LogP contribution in [0.15, 0.2) is 18.2 Å². The minimum atomic E-state index is -0.277. The Morgan fingerprint density at radius 1 is 1.33 bits per heavy atom. The van der Waals surface area contributed by atoms with Crippen LogP contribution < -0.4 is 10.5 Å². The first-order chi connectivity index (χ1) is 8.57. The van der Waals surface area contributed by atoms with Crippen molar-refractivity contribution in [3.63, 3.8) is 0 Å². The van der Waals surface area contributed by atoms with E-state index >= 15 is 0 Å². The summed E-state index contributed by atoms with van der Waals surface area (Å²) in [5.74, 6) is 0.0554. The Morgan fingerprint density at radius 2 is 2.00 bits per heavy atom.